The number of halogens is 1. The number of para-hydroxylation sites is 1. The van der Waals surface area contributed by atoms with Gasteiger partial charge in [0.05, 0.1) is 47.1 Å². The van der Waals surface area contributed by atoms with Crippen LogP contribution in [0.4, 0.5) is 5.69 Å². The summed E-state index contributed by atoms with van der Waals surface area (Å²) in [7, 11) is 6.14. The molecule has 0 bridgehead atoms. The normalized spacial score (nSPS) is 16.9. The largest absolute Gasteiger partial charge is 0.497 e. The molecule has 1 heterocycles. The molecule has 10 heteroatoms. The number of rotatable bonds is 9. The molecule has 4 rings (SSSR count). The fourth-order valence-corrected chi connectivity index (χ4v) is 4.92. The highest BCUT2D eigenvalue weighted by molar-refractivity contribution is 9.10. The van der Waals surface area contributed by atoms with Crippen molar-refractivity contribution in [1.82, 2.24) is 0 Å². The molecule has 1 aliphatic heterocycles. The fourth-order valence-electron chi connectivity index (χ4n) is 4.54. The number of carboxylic acids is 1. The Balaban J connectivity index is 1.91. The van der Waals surface area contributed by atoms with Crippen molar-refractivity contribution in [3.63, 3.8) is 0 Å². The van der Waals surface area contributed by atoms with Crippen LogP contribution in [0.5, 0.6) is 23.0 Å². The Bertz CT molecular complexity index is 1340. The van der Waals surface area contributed by atoms with Gasteiger partial charge in [0.1, 0.15) is 23.7 Å². The fraction of sp³-hybridized carbons (Fsp3) is 0.286. The van der Waals surface area contributed by atoms with E-state index in [4.69, 9.17) is 23.7 Å². The first-order chi connectivity index (χ1) is 18.3. The van der Waals surface area contributed by atoms with E-state index in [-0.39, 0.29) is 6.54 Å². The Kier molecular flexibility index (Phi) is 8.43. The van der Waals surface area contributed by atoms with E-state index in [0.29, 0.717) is 45.4 Å². The van der Waals surface area contributed by atoms with E-state index in [9.17, 15) is 14.7 Å². The molecule has 0 fully saturated rings. The van der Waals surface area contributed by atoms with Gasteiger partial charge in [0.25, 0.3) is 5.91 Å². The van der Waals surface area contributed by atoms with E-state index in [1.165, 1.54) is 26.2 Å². The number of carbonyl (C=O) groups is 2. The lowest BCUT2D eigenvalue weighted by molar-refractivity contribution is -0.147. The minimum atomic E-state index is -1.27. The lowest BCUT2D eigenvalue weighted by Gasteiger charge is -2.26. The molecular formula is C28H28BrNO8. The molecular weight excluding hydrogens is 558 g/mol. The molecule has 3 aromatic carbocycles. The van der Waals surface area contributed by atoms with Gasteiger partial charge < -0.3 is 33.7 Å². The standard InChI is InChI=1S/C28H28BrNO8/c1-34-18-10-8-16(23(13-18)36-3)15-30-21-11-9-17(29)12-20(21)26(38-24(28(30)33)14-25(31)32)19-6-5-7-22(35-2)27(19)37-4/h5-13,24,26H,14-15H2,1-4H3,(H,31,32)/t24-,26-/m0/s1. The van der Waals surface area contributed by atoms with Gasteiger partial charge in [0, 0.05) is 27.2 Å². The van der Waals surface area contributed by atoms with E-state index in [1.54, 1.807) is 43.5 Å². The third kappa shape index (κ3) is 5.41. The summed E-state index contributed by atoms with van der Waals surface area (Å²) in [6, 6.07) is 16.1. The first-order valence-electron chi connectivity index (χ1n) is 11.7. The lowest BCUT2D eigenvalue weighted by Crippen LogP contribution is -2.40. The van der Waals surface area contributed by atoms with Gasteiger partial charge in [-0.25, -0.2) is 0 Å². The van der Waals surface area contributed by atoms with E-state index < -0.39 is 30.5 Å². The maximum absolute atomic E-state index is 13.9. The van der Waals surface area contributed by atoms with Crippen molar-refractivity contribution in [2.45, 2.75) is 25.2 Å². The zero-order valence-electron chi connectivity index (χ0n) is 21.4. The average Bonchev–Trinajstić information content (AvgIpc) is 3.02. The van der Waals surface area contributed by atoms with E-state index in [0.717, 1.165) is 4.47 Å². The van der Waals surface area contributed by atoms with Crippen LogP contribution < -0.4 is 23.8 Å². The molecule has 0 radical (unpaired) electrons. The van der Waals surface area contributed by atoms with Gasteiger partial charge in [0.15, 0.2) is 11.5 Å². The van der Waals surface area contributed by atoms with Gasteiger partial charge in [0.2, 0.25) is 0 Å². The molecule has 0 unspecified atom stereocenters. The molecule has 0 spiro atoms. The van der Waals surface area contributed by atoms with E-state index in [2.05, 4.69) is 15.9 Å². The number of methoxy groups -OCH3 is 4. The number of benzene rings is 3. The number of nitrogens with zero attached hydrogens (tertiary/aromatic N) is 1. The number of amides is 1. The van der Waals surface area contributed by atoms with E-state index >= 15 is 0 Å². The number of hydrogen-bond donors (Lipinski definition) is 1. The Hall–Kier alpha value is -3.76. The molecule has 1 aliphatic rings. The number of hydrogen-bond acceptors (Lipinski definition) is 7. The molecule has 1 N–H and O–H groups in total. The Morgan fingerprint density at radius 3 is 2.37 bits per heavy atom. The van der Waals surface area contributed by atoms with Crippen LogP contribution in [-0.2, 0) is 20.9 Å². The molecule has 0 aliphatic carbocycles. The zero-order chi connectivity index (χ0) is 27.4. The zero-order valence-corrected chi connectivity index (χ0v) is 23.0. The maximum atomic E-state index is 13.9. The van der Waals surface area contributed by atoms with Gasteiger partial charge >= 0.3 is 5.97 Å². The maximum Gasteiger partial charge on any atom is 0.306 e. The Labute approximate surface area is 229 Å². The summed E-state index contributed by atoms with van der Waals surface area (Å²) in [4.78, 5) is 27.3. The number of carboxylic acid groups (broad SMARTS) is 1. The highest BCUT2D eigenvalue weighted by atomic mass is 79.9. The predicted molar refractivity (Wildman–Crippen MR) is 143 cm³/mol. The number of carbonyl (C=O) groups excluding carboxylic acids is 1. The lowest BCUT2D eigenvalue weighted by atomic mass is 9.97. The van der Waals surface area contributed by atoms with Crippen molar-refractivity contribution < 1.29 is 38.4 Å². The average molecular weight is 586 g/mol. The summed E-state index contributed by atoms with van der Waals surface area (Å²) >= 11 is 3.53. The monoisotopic (exact) mass is 585 g/mol. The molecule has 0 aromatic heterocycles. The molecule has 3 aromatic rings. The van der Waals surface area contributed by atoms with Gasteiger partial charge in [-0.05, 0) is 36.4 Å². The third-order valence-electron chi connectivity index (χ3n) is 6.30. The van der Waals surface area contributed by atoms with Gasteiger partial charge in [-0.15, -0.1) is 0 Å². The van der Waals surface area contributed by atoms with Crippen molar-refractivity contribution in [2.75, 3.05) is 33.3 Å². The molecule has 0 saturated heterocycles. The van der Waals surface area contributed by atoms with Crippen molar-refractivity contribution in [3.05, 3.63) is 75.8 Å². The van der Waals surface area contributed by atoms with Crippen molar-refractivity contribution in [1.29, 1.82) is 0 Å². The SMILES string of the molecule is COc1ccc(CN2C(=O)[C@H](CC(=O)O)O[C@@H](c3cccc(OC)c3OC)c3cc(Br)ccc32)c(OC)c1. The summed E-state index contributed by atoms with van der Waals surface area (Å²) in [6.07, 6.45) is -2.63. The Morgan fingerprint density at radius 1 is 0.947 bits per heavy atom. The topological polar surface area (TPSA) is 104 Å². The van der Waals surface area contributed by atoms with Crippen LogP contribution in [0, 0.1) is 0 Å². The second-order valence-corrected chi connectivity index (χ2v) is 9.41. The number of fused-ring (bicyclic) bond motifs is 1. The van der Waals surface area contributed by atoms with Crippen LogP contribution in [0.3, 0.4) is 0 Å². The molecule has 1 amide bonds. The summed E-state index contributed by atoms with van der Waals surface area (Å²) < 4.78 is 29.1. The summed E-state index contributed by atoms with van der Waals surface area (Å²) in [5.41, 5.74) is 2.53. The number of ether oxygens (including phenoxy) is 5. The summed E-state index contributed by atoms with van der Waals surface area (Å²) in [5, 5.41) is 9.66. The van der Waals surface area contributed by atoms with Gasteiger partial charge in [-0.2, -0.15) is 0 Å². The molecule has 2 atom stereocenters. The Morgan fingerprint density at radius 2 is 1.71 bits per heavy atom. The minimum absolute atomic E-state index is 0.113. The minimum Gasteiger partial charge on any atom is -0.497 e. The van der Waals surface area contributed by atoms with E-state index in [1.807, 2.05) is 18.2 Å². The highest BCUT2D eigenvalue weighted by Crippen LogP contribution is 2.45. The van der Waals surface area contributed by atoms with Crippen LogP contribution in [0.15, 0.2) is 59.1 Å². The van der Waals surface area contributed by atoms with Crippen molar-refractivity contribution in [2.24, 2.45) is 0 Å². The first-order valence-corrected chi connectivity index (χ1v) is 12.5. The summed E-state index contributed by atoms with van der Waals surface area (Å²) in [6.45, 7) is 0.113. The molecule has 38 heavy (non-hydrogen) atoms. The van der Waals surface area contributed by atoms with Crippen LogP contribution in [0.25, 0.3) is 0 Å². The van der Waals surface area contributed by atoms with Crippen LogP contribution >= 0.6 is 15.9 Å². The second kappa shape index (κ2) is 11.7. The van der Waals surface area contributed by atoms with Crippen LogP contribution in [-0.4, -0.2) is 51.5 Å². The third-order valence-corrected chi connectivity index (χ3v) is 6.80. The second-order valence-electron chi connectivity index (χ2n) is 8.49. The summed E-state index contributed by atoms with van der Waals surface area (Å²) in [5.74, 6) is 0.399. The van der Waals surface area contributed by atoms with Gasteiger partial charge in [-0.3, -0.25) is 9.59 Å². The molecule has 0 saturated carbocycles. The molecule has 9 nitrogen and oxygen atoms in total. The quantitative estimate of drug-likeness (QED) is 0.375. The first kappa shape index (κ1) is 27.3. The number of aliphatic carboxylic acids is 1. The molecule has 200 valence electrons. The highest BCUT2D eigenvalue weighted by Gasteiger charge is 2.39. The van der Waals surface area contributed by atoms with Crippen molar-refractivity contribution in [3.8, 4) is 23.0 Å². The van der Waals surface area contributed by atoms with Crippen molar-refractivity contribution >= 4 is 33.5 Å². The van der Waals surface area contributed by atoms with Crippen LogP contribution in [0.2, 0.25) is 0 Å². The van der Waals surface area contributed by atoms with Crippen LogP contribution in [0.1, 0.15) is 29.2 Å². The van der Waals surface area contributed by atoms with Gasteiger partial charge in [-0.1, -0.05) is 28.1 Å². The predicted octanol–water partition coefficient (Wildman–Crippen LogP) is 4.98. The number of anilines is 1. The smallest absolute Gasteiger partial charge is 0.306 e.